The Bertz CT molecular complexity index is 592. The highest BCUT2D eigenvalue weighted by molar-refractivity contribution is 9.10. The van der Waals surface area contributed by atoms with E-state index in [0.717, 1.165) is 35.7 Å². The monoisotopic (exact) mass is 376 g/mol. The van der Waals surface area contributed by atoms with E-state index in [4.69, 9.17) is 5.11 Å². The molecule has 0 radical (unpaired) electrons. The van der Waals surface area contributed by atoms with E-state index in [1.54, 1.807) is 6.07 Å². The molecule has 1 saturated carbocycles. The van der Waals surface area contributed by atoms with Crippen LogP contribution in [0.25, 0.3) is 0 Å². The Morgan fingerprint density at radius 2 is 1.86 bits per heavy atom. The van der Waals surface area contributed by atoms with Crippen LogP contribution in [0.5, 0.6) is 0 Å². The first-order valence-corrected chi connectivity index (χ1v) is 9.58. The standard InChI is InChI=1S/C15H21BrO4S/c16-13-8-9-14(21(18,19)20)12(7-4-10-17)15(13)11-5-2-1-3-6-11/h8-9,11,17H,1-7,10H2,(H,18,19,20). The third kappa shape index (κ3) is 4.06. The van der Waals surface area contributed by atoms with Crippen LogP contribution >= 0.6 is 15.9 Å². The molecule has 1 fully saturated rings. The van der Waals surface area contributed by atoms with Gasteiger partial charge in [-0.3, -0.25) is 4.55 Å². The third-order valence-corrected chi connectivity index (χ3v) is 5.77. The summed E-state index contributed by atoms with van der Waals surface area (Å²) in [6.07, 6.45) is 6.53. The lowest BCUT2D eigenvalue weighted by Gasteiger charge is -2.26. The number of aliphatic hydroxyl groups is 1. The molecule has 0 aromatic heterocycles. The number of aliphatic hydroxyl groups excluding tert-OH is 1. The molecule has 0 amide bonds. The summed E-state index contributed by atoms with van der Waals surface area (Å²) >= 11 is 3.54. The fourth-order valence-corrected chi connectivity index (χ4v) is 4.66. The van der Waals surface area contributed by atoms with Crippen molar-refractivity contribution in [2.45, 2.75) is 55.8 Å². The number of hydrogen-bond donors (Lipinski definition) is 2. The van der Waals surface area contributed by atoms with Crippen LogP contribution in [0.3, 0.4) is 0 Å². The Hall–Kier alpha value is -0.430. The first-order valence-electron chi connectivity index (χ1n) is 7.34. The summed E-state index contributed by atoms with van der Waals surface area (Å²) in [4.78, 5) is -0.0141. The summed E-state index contributed by atoms with van der Waals surface area (Å²) < 4.78 is 33.7. The molecule has 1 aromatic carbocycles. The van der Waals surface area contributed by atoms with E-state index in [2.05, 4.69) is 15.9 Å². The zero-order chi connectivity index (χ0) is 15.5. The molecule has 0 aliphatic heterocycles. The Morgan fingerprint density at radius 3 is 2.43 bits per heavy atom. The van der Waals surface area contributed by atoms with Gasteiger partial charge in [0.05, 0.1) is 4.90 Å². The van der Waals surface area contributed by atoms with E-state index < -0.39 is 10.1 Å². The van der Waals surface area contributed by atoms with Gasteiger partial charge >= 0.3 is 0 Å². The topological polar surface area (TPSA) is 74.6 Å². The minimum Gasteiger partial charge on any atom is -0.396 e. The van der Waals surface area contributed by atoms with E-state index >= 15 is 0 Å². The summed E-state index contributed by atoms with van der Waals surface area (Å²) in [6.45, 7) is 0.00152. The maximum atomic E-state index is 11.6. The molecule has 0 heterocycles. The molecule has 118 valence electrons. The number of rotatable bonds is 5. The average molecular weight is 377 g/mol. The van der Waals surface area contributed by atoms with Crippen molar-refractivity contribution in [2.24, 2.45) is 0 Å². The molecule has 0 saturated heterocycles. The van der Waals surface area contributed by atoms with E-state index in [1.807, 2.05) is 0 Å². The predicted octanol–water partition coefficient (Wildman–Crippen LogP) is 3.67. The second-order valence-corrected chi connectivity index (χ2v) is 7.82. The zero-order valence-electron chi connectivity index (χ0n) is 11.9. The van der Waals surface area contributed by atoms with E-state index in [9.17, 15) is 13.0 Å². The predicted molar refractivity (Wildman–Crippen MR) is 85.2 cm³/mol. The van der Waals surface area contributed by atoms with Gasteiger partial charge < -0.3 is 5.11 Å². The molecule has 1 aromatic rings. The van der Waals surface area contributed by atoms with Crippen LogP contribution in [-0.4, -0.2) is 24.7 Å². The summed E-state index contributed by atoms with van der Waals surface area (Å²) in [5, 5.41) is 9.07. The molecule has 6 heteroatoms. The SMILES string of the molecule is O=S(=O)(O)c1ccc(Br)c(C2CCCCC2)c1CCCO. The molecule has 1 aliphatic rings. The Labute approximate surface area is 134 Å². The van der Waals surface area contributed by atoms with E-state index in [0.29, 0.717) is 24.3 Å². The fourth-order valence-electron chi connectivity index (χ4n) is 3.20. The van der Waals surface area contributed by atoms with Crippen LogP contribution in [0.15, 0.2) is 21.5 Å². The summed E-state index contributed by atoms with van der Waals surface area (Å²) in [7, 11) is -4.24. The highest BCUT2D eigenvalue weighted by Gasteiger charge is 2.26. The molecule has 0 spiro atoms. The van der Waals surface area contributed by atoms with Crippen molar-refractivity contribution in [3.8, 4) is 0 Å². The van der Waals surface area contributed by atoms with Gasteiger partial charge in [-0.2, -0.15) is 8.42 Å². The Balaban J connectivity index is 2.54. The lowest BCUT2D eigenvalue weighted by Crippen LogP contribution is -2.13. The van der Waals surface area contributed by atoms with Crippen LogP contribution in [0.4, 0.5) is 0 Å². The molecule has 0 atom stereocenters. The lowest BCUT2D eigenvalue weighted by atomic mass is 9.81. The van der Waals surface area contributed by atoms with Gasteiger partial charge in [0.2, 0.25) is 0 Å². The largest absolute Gasteiger partial charge is 0.396 e. The Morgan fingerprint density at radius 1 is 1.19 bits per heavy atom. The quantitative estimate of drug-likeness (QED) is 0.768. The highest BCUT2D eigenvalue weighted by Crippen LogP contribution is 2.40. The van der Waals surface area contributed by atoms with Gasteiger partial charge in [0.15, 0.2) is 0 Å². The average Bonchev–Trinajstić information content (AvgIpc) is 2.44. The number of hydrogen-bond acceptors (Lipinski definition) is 3. The molecule has 4 nitrogen and oxygen atoms in total. The smallest absolute Gasteiger partial charge is 0.294 e. The number of benzene rings is 1. The first kappa shape index (κ1) is 16.9. The molecular formula is C15H21BrO4S. The van der Waals surface area contributed by atoms with Crippen molar-refractivity contribution in [3.63, 3.8) is 0 Å². The van der Waals surface area contributed by atoms with Gasteiger partial charge in [-0.05, 0) is 54.9 Å². The summed E-state index contributed by atoms with van der Waals surface area (Å²) in [5.41, 5.74) is 1.66. The van der Waals surface area contributed by atoms with Crippen molar-refractivity contribution >= 4 is 26.0 Å². The minimum absolute atomic E-state index is 0.00152. The van der Waals surface area contributed by atoms with E-state index in [-0.39, 0.29) is 11.5 Å². The third-order valence-electron chi connectivity index (χ3n) is 4.14. The number of halogens is 1. The normalized spacial score (nSPS) is 17.1. The summed E-state index contributed by atoms with van der Waals surface area (Å²) in [6, 6.07) is 3.15. The first-order chi connectivity index (χ1) is 9.95. The van der Waals surface area contributed by atoms with Crippen LogP contribution in [0.1, 0.15) is 55.6 Å². The summed E-state index contributed by atoms with van der Waals surface area (Å²) in [5.74, 6) is 0.323. The molecule has 2 N–H and O–H groups in total. The maximum absolute atomic E-state index is 11.6. The van der Waals surface area contributed by atoms with Crippen molar-refractivity contribution in [3.05, 3.63) is 27.7 Å². The van der Waals surface area contributed by atoms with Gasteiger partial charge in [-0.1, -0.05) is 35.2 Å². The zero-order valence-corrected chi connectivity index (χ0v) is 14.3. The highest BCUT2D eigenvalue weighted by atomic mass is 79.9. The molecule has 0 bridgehead atoms. The van der Waals surface area contributed by atoms with Gasteiger partial charge in [0, 0.05) is 11.1 Å². The molecule has 21 heavy (non-hydrogen) atoms. The molecule has 1 aliphatic carbocycles. The van der Waals surface area contributed by atoms with Crippen molar-refractivity contribution < 1.29 is 18.1 Å². The van der Waals surface area contributed by atoms with Crippen LogP contribution in [0, 0.1) is 0 Å². The van der Waals surface area contributed by atoms with E-state index in [1.165, 1.54) is 12.5 Å². The lowest BCUT2D eigenvalue weighted by molar-refractivity contribution is 0.288. The minimum atomic E-state index is -4.24. The molecule has 2 rings (SSSR count). The molecule has 0 unspecified atom stereocenters. The fraction of sp³-hybridized carbons (Fsp3) is 0.600. The van der Waals surface area contributed by atoms with Crippen LogP contribution in [0.2, 0.25) is 0 Å². The second kappa shape index (κ2) is 7.22. The van der Waals surface area contributed by atoms with Gasteiger partial charge in [0.25, 0.3) is 10.1 Å². The van der Waals surface area contributed by atoms with Crippen LogP contribution in [-0.2, 0) is 16.5 Å². The molecular weight excluding hydrogens is 356 g/mol. The maximum Gasteiger partial charge on any atom is 0.294 e. The second-order valence-electron chi connectivity index (χ2n) is 5.57. The van der Waals surface area contributed by atoms with Gasteiger partial charge in [0.1, 0.15) is 0 Å². The van der Waals surface area contributed by atoms with Gasteiger partial charge in [-0.15, -0.1) is 0 Å². The van der Waals surface area contributed by atoms with Crippen LogP contribution < -0.4 is 0 Å². The van der Waals surface area contributed by atoms with Crippen molar-refractivity contribution in [2.75, 3.05) is 6.61 Å². The van der Waals surface area contributed by atoms with Gasteiger partial charge in [-0.25, -0.2) is 0 Å². The van der Waals surface area contributed by atoms with Crippen molar-refractivity contribution in [1.29, 1.82) is 0 Å². The Kier molecular flexibility index (Phi) is 5.82. The van der Waals surface area contributed by atoms with Crippen molar-refractivity contribution in [1.82, 2.24) is 0 Å².